The molecule has 0 aliphatic heterocycles. The molecule has 2 bridgehead atoms. The molecule has 0 saturated heterocycles. The Kier molecular flexibility index (Phi) is 7.11. The molecule has 0 spiro atoms. The van der Waals surface area contributed by atoms with Crippen LogP contribution in [0.2, 0.25) is 0 Å². The Morgan fingerprint density at radius 1 is 0.962 bits per heavy atom. The van der Waals surface area contributed by atoms with E-state index >= 15 is 0 Å². The number of ketones is 1. The fourth-order valence-corrected chi connectivity index (χ4v) is 5.74. The van der Waals surface area contributed by atoms with Gasteiger partial charge in [-0.15, -0.1) is 0 Å². The van der Waals surface area contributed by atoms with Crippen molar-refractivity contribution in [3.8, 4) is 0 Å². The van der Waals surface area contributed by atoms with Gasteiger partial charge in [-0.2, -0.15) is 0 Å². The highest BCUT2D eigenvalue weighted by Gasteiger charge is 2.51. The summed E-state index contributed by atoms with van der Waals surface area (Å²) >= 11 is 0. The first-order valence-corrected chi connectivity index (χ1v) is 11.1. The average Bonchev–Trinajstić information content (AvgIpc) is 2.79. The molecule has 1 heteroatoms. The monoisotopic (exact) mass is 358 g/mol. The van der Waals surface area contributed by atoms with E-state index in [1.165, 1.54) is 36.8 Å². The van der Waals surface area contributed by atoms with Crippen LogP contribution in [0.25, 0.3) is 0 Å². The van der Waals surface area contributed by atoms with E-state index in [1.54, 1.807) is 11.1 Å². The molecule has 0 amide bonds. The Balaban J connectivity index is 0.000000686. The summed E-state index contributed by atoms with van der Waals surface area (Å²) in [5.41, 5.74) is 6.08. The molecule has 4 atom stereocenters. The molecule has 26 heavy (non-hydrogen) atoms. The summed E-state index contributed by atoms with van der Waals surface area (Å²) in [5, 5.41) is 0. The van der Waals surface area contributed by atoms with Crippen LogP contribution in [0.15, 0.2) is 12.1 Å². The van der Waals surface area contributed by atoms with Crippen molar-refractivity contribution >= 4 is 5.78 Å². The molecule has 2 fully saturated rings. The fraction of sp³-hybridized carbons (Fsp3) is 0.720. The largest absolute Gasteiger partial charge is 0.299 e. The first-order valence-electron chi connectivity index (χ1n) is 11.1. The second kappa shape index (κ2) is 8.72. The van der Waals surface area contributed by atoms with E-state index < -0.39 is 0 Å². The smallest absolute Gasteiger partial charge is 0.139 e. The van der Waals surface area contributed by atoms with Crippen molar-refractivity contribution in [3.63, 3.8) is 0 Å². The summed E-state index contributed by atoms with van der Waals surface area (Å²) in [6.45, 7) is 14.8. The molecule has 0 N–H and O–H groups in total. The van der Waals surface area contributed by atoms with E-state index in [9.17, 15) is 4.79 Å². The molecule has 1 aromatic carbocycles. The van der Waals surface area contributed by atoms with E-state index in [4.69, 9.17) is 0 Å². The first-order chi connectivity index (χ1) is 12.5. The number of rotatable bonds is 0. The number of aryl methyl sites for hydroxylation is 3. The minimum absolute atomic E-state index is 0. The van der Waals surface area contributed by atoms with Gasteiger partial charge in [0, 0.05) is 13.3 Å². The topological polar surface area (TPSA) is 17.1 Å². The van der Waals surface area contributed by atoms with E-state index in [0.717, 1.165) is 25.2 Å². The molecular weight excluding hydrogens is 316 g/mol. The summed E-state index contributed by atoms with van der Waals surface area (Å²) in [4.78, 5) is 12.5. The molecule has 0 heterocycles. The number of carbonyl (C=O) groups is 1. The average molecular weight is 359 g/mol. The first kappa shape index (κ1) is 21.2. The Morgan fingerprint density at radius 2 is 1.62 bits per heavy atom. The van der Waals surface area contributed by atoms with Gasteiger partial charge in [0.2, 0.25) is 0 Å². The van der Waals surface area contributed by atoms with Crippen LogP contribution in [0.5, 0.6) is 0 Å². The highest BCUT2D eigenvalue weighted by atomic mass is 16.1. The van der Waals surface area contributed by atoms with Gasteiger partial charge in [-0.3, -0.25) is 4.79 Å². The molecule has 1 aromatic rings. The zero-order valence-corrected chi connectivity index (χ0v) is 18.2. The normalized spacial score (nSPS) is 32.0. The summed E-state index contributed by atoms with van der Waals surface area (Å²) in [5.74, 6) is 2.67. The predicted molar refractivity (Wildman–Crippen MR) is 115 cm³/mol. The molecule has 1 nitrogen and oxygen atoms in total. The van der Waals surface area contributed by atoms with Gasteiger partial charge in [-0.25, -0.2) is 0 Å². The maximum atomic E-state index is 12.5. The van der Waals surface area contributed by atoms with Gasteiger partial charge in [0.1, 0.15) is 5.78 Å². The lowest BCUT2D eigenvalue weighted by Crippen LogP contribution is -2.32. The number of carbonyl (C=O) groups excluding carboxylic acids is 1. The van der Waals surface area contributed by atoms with Crippen LogP contribution in [-0.4, -0.2) is 5.78 Å². The second-order valence-corrected chi connectivity index (χ2v) is 8.39. The number of hydrogen-bond donors (Lipinski definition) is 0. The van der Waals surface area contributed by atoms with Gasteiger partial charge in [-0.1, -0.05) is 46.8 Å². The van der Waals surface area contributed by atoms with Gasteiger partial charge < -0.3 is 0 Å². The van der Waals surface area contributed by atoms with Gasteiger partial charge in [0.25, 0.3) is 0 Å². The van der Waals surface area contributed by atoms with Crippen LogP contribution in [0, 0.1) is 31.1 Å². The maximum Gasteiger partial charge on any atom is 0.139 e. The highest BCUT2D eigenvalue weighted by Crippen LogP contribution is 2.56. The standard InChI is InChI=1S/C21H28O.2C2H6.H2/c1-13-10-15-4-5-17-12-16(18(15)11-14(13)2)8-9-21(3)19(17)6-7-20(21)22;2*1-2;/h10-11,16-17,19H,4-9,12H2,1-3H3;2*1-2H3;1H. The van der Waals surface area contributed by atoms with E-state index in [2.05, 4.69) is 32.9 Å². The third kappa shape index (κ3) is 3.64. The Morgan fingerprint density at radius 3 is 2.31 bits per heavy atom. The predicted octanol–water partition coefficient (Wildman–Crippen LogP) is 7.42. The zero-order chi connectivity index (χ0) is 19.5. The molecule has 4 unspecified atom stereocenters. The van der Waals surface area contributed by atoms with Crippen molar-refractivity contribution in [3.05, 3.63) is 34.4 Å². The fourth-order valence-electron chi connectivity index (χ4n) is 5.74. The van der Waals surface area contributed by atoms with Crippen LogP contribution < -0.4 is 0 Å². The minimum Gasteiger partial charge on any atom is -0.299 e. The Labute approximate surface area is 163 Å². The molecule has 4 rings (SSSR count). The van der Waals surface area contributed by atoms with E-state index in [-0.39, 0.29) is 6.84 Å². The van der Waals surface area contributed by atoms with Crippen molar-refractivity contribution in [1.82, 2.24) is 0 Å². The molecule has 3 aliphatic rings. The van der Waals surface area contributed by atoms with Crippen molar-refractivity contribution in [2.45, 2.75) is 99.3 Å². The summed E-state index contributed by atoms with van der Waals surface area (Å²) in [6.07, 6.45) is 8.16. The van der Waals surface area contributed by atoms with Crippen LogP contribution in [0.4, 0.5) is 0 Å². The van der Waals surface area contributed by atoms with Crippen LogP contribution in [0.3, 0.4) is 0 Å². The van der Waals surface area contributed by atoms with Gasteiger partial charge >= 0.3 is 0 Å². The number of Topliss-reactive ketones (excluding diaryl/α,β-unsaturated/α-hetero) is 1. The summed E-state index contributed by atoms with van der Waals surface area (Å²) < 4.78 is 0. The third-order valence-corrected chi connectivity index (χ3v) is 7.29. The van der Waals surface area contributed by atoms with Crippen molar-refractivity contribution < 1.29 is 6.22 Å². The quantitative estimate of drug-likeness (QED) is 0.471. The van der Waals surface area contributed by atoms with E-state index in [0.29, 0.717) is 17.6 Å². The van der Waals surface area contributed by atoms with Crippen LogP contribution in [0.1, 0.15) is 103 Å². The molecular formula is C25H42O. The Bertz CT molecular complexity index is 635. The Hall–Kier alpha value is -1.11. The van der Waals surface area contributed by atoms with Crippen molar-refractivity contribution in [2.75, 3.05) is 0 Å². The van der Waals surface area contributed by atoms with Gasteiger partial charge in [0.15, 0.2) is 0 Å². The molecule has 0 radical (unpaired) electrons. The molecule has 3 aliphatic carbocycles. The minimum atomic E-state index is -0.00331. The SMILES string of the molecule is CC.CC.Cc1cc2c(cc1C)C1CCC3(C)C(=O)CCC3C(CC2)C1.[HH]. The molecule has 0 aromatic heterocycles. The van der Waals surface area contributed by atoms with Crippen molar-refractivity contribution in [1.29, 1.82) is 0 Å². The van der Waals surface area contributed by atoms with Gasteiger partial charge in [0.05, 0.1) is 0 Å². The van der Waals surface area contributed by atoms with Crippen LogP contribution in [-0.2, 0) is 11.2 Å². The molecule has 148 valence electrons. The number of hydrogen-bond acceptors (Lipinski definition) is 1. The van der Waals surface area contributed by atoms with Crippen molar-refractivity contribution in [2.24, 2.45) is 17.3 Å². The maximum absolute atomic E-state index is 12.5. The lowest BCUT2D eigenvalue weighted by Gasteiger charge is -2.33. The molecule has 2 saturated carbocycles. The van der Waals surface area contributed by atoms with E-state index in [1.807, 2.05) is 27.7 Å². The zero-order valence-electron chi connectivity index (χ0n) is 18.2. The summed E-state index contributed by atoms with van der Waals surface area (Å²) in [7, 11) is 0. The lowest BCUT2D eigenvalue weighted by molar-refractivity contribution is -0.127. The van der Waals surface area contributed by atoms with Gasteiger partial charge in [-0.05, 0) is 92.4 Å². The second-order valence-electron chi connectivity index (χ2n) is 8.39. The summed E-state index contributed by atoms with van der Waals surface area (Å²) in [6, 6.07) is 4.91. The lowest BCUT2D eigenvalue weighted by atomic mass is 9.70. The number of fused-ring (bicyclic) bond motifs is 6. The number of benzene rings is 1. The third-order valence-electron chi connectivity index (χ3n) is 7.29. The highest BCUT2D eigenvalue weighted by molar-refractivity contribution is 5.87. The van der Waals surface area contributed by atoms with Crippen LogP contribution >= 0.6 is 0 Å².